The van der Waals surface area contributed by atoms with Crippen LogP contribution in [0.15, 0.2) is 35.2 Å². The molecule has 1 aromatic carbocycles. The number of thioether (sulfide) groups is 1. The van der Waals surface area contributed by atoms with Crippen molar-refractivity contribution in [1.29, 1.82) is 0 Å². The molecule has 0 aliphatic rings. The lowest BCUT2D eigenvalue weighted by atomic mass is 10.0. The van der Waals surface area contributed by atoms with Gasteiger partial charge in [-0.2, -0.15) is 0 Å². The van der Waals surface area contributed by atoms with Gasteiger partial charge in [-0.05, 0) is 24.5 Å². The van der Waals surface area contributed by atoms with Crippen molar-refractivity contribution in [3.8, 4) is 0 Å². The minimum Gasteiger partial charge on any atom is -0.391 e. The fourth-order valence-corrected chi connectivity index (χ4v) is 2.48. The normalized spacial score (nSPS) is 14.2. The summed E-state index contributed by atoms with van der Waals surface area (Å²) in [5, 5.41) is 9.88. The molecule has 0 fully saturated rings. The van der Waals surface area contributed by atoms with Crippen molar-refractivity contribution in [1.82, 2.24) is 0 Å². The minimum atomic E-state index is -0.424. The average molecular weight is 276 g/mol. The van der Waals surface area contributed by atoms with Gasteiger partial charge in [0.25, 0.3) is 0 Å². The van der Waals surface area contributed by atoms with Crippen LogP contribution in [0.3, 0.4) is 0 Å². The molecular formula is C13H22ClNOS. The fraction of sp³-hybridized carbons (Fsp3) is 0.538. The summed E-state index contributed by atoms with van der Waals surface area (Å²) in [6, 6.07) is 9.98. The van der Waals surface area contributed by atoms with E-state index in [-0.39, 0.29) is 18.4 Å². The highest BCUT2D eigenvalue weighted by Crippen LogP contribution is 2.19. The Kier molecular flexibility index (Phi) is 8.70. The molecule has 2 unspecified atom stereocenters. The maximum absolute atomic E-state index is 9.88. The first kappa shape index (κ1) is 16.8. The number of aliphatic hydroxyl groups excluding tert-OH is 1. The summed E-state index contributed by atoms with van der Waals surface area (Å²) < 4.78 is 0. The van der Waals surface area contributed by atoms with Crippen molar-refractivity contribution in [2.75, 3.05) is 5.75 Å². The molecular weight excluding hydrogens is 254 g/mol. The summed E-state index contributed by atoms with van der Waals surface area (Å²) >= 11 is 1.65. The van der Waals surface area contributed by atoms with Gasteiger partial charge in [0.2, 0.25) is 0 Å². The molecule has 0 aromatic heterocycles. The topological polar surface area (TPSA) is 46.2 Å². The van der Waals surface area contributed by atoms with Gasteiger partial charge in [-0.15, -0.1) is 24.2 Å². The Balaban J connectivity index is 0.00000256. The van der Waals surface area contributed by atoms with Crippen LogP contribution in [0.1, 0.15) is 20.3 Å². The minimum absolute atomic E-state index is 0. The van der Waals surface area contributed by atoms with E-state index in [2.05, 4.69) is 13.8 Å². The molecule has 0 heterocycles. The first-order valence-corrected chi connectivity index (χ1v) is 6.69. The van der Waals surface area contributed by atoms with Crippen LogP contribution in [-0.4, -0.2) is 23.0 Å². The third kappa shape index (κ3) is 6.94. The van der Waals surface area contributed by atoms with Crippen LogP contribution in [-0.2, 0) is 0 Å². The highest BCUT2D eigenvalue weighted by Gasteiger charge is 2.16. The molecule has 0 bridgehead atoms. The van der Waals surface area contributed by atoms with E-state index in [4.69, 9.17) is 5.73 Å². The molecule has 2 nitrogen and oxygen atoms in total. The molecule has 1 aromatic rings. The molecule has 0 saturated carbocycles. The number of hydrogen-bond acceptors (Lipinski definition) is 3. The zero-order valence-electron chi connectivity index (χ0n) is 10.4. The van der Waals surface area contributed by atoms with E-state index in [9.17, 15) is 5.11 Å². The van der Waals surface area contributed by atoms with Gasteiger partial charge in [0.15, 0.2) is 0 Å². The van der Waals surface area contributed by atoms with Gasteiger partial charge < -0.3 is 10.8 Å². The van der Waals surface area contributed by atoms with Gasteiger partial charge in [-0.3, -0.25) is 0 Å². The molecule has 2 atom stereocenters. The fourth-order valence-electron chi connectivity index (χ4n) is 1.52. The lowest BCUT2D eigenvalue weighted by Crippen LogP contribution is -2.37. The van der Waals surface area contributed by atoms with Crippen molar-refractivity contribution in [3.05, 3.63) is 30.3 Å². The summed E-state index contributed by atoms with van der Waals surface area (Å²) in [6.07, 6.45) is 0.448. The predicted molar refractivity (Wildman–Crippen MR) is 77.9 cm³/mol. The third-order valence-corrected chi connectivity index (χ3v) is 3.52. The van der Waals surface area contributed by atoms with E-state index in [0.717, 1.165) is 6.42 Å². The van der Waals surface area contributed by atoms with Crippen LogP contribution >= 0.6 is 24.2 Å². The number of rotatable bonds is 6. The summed E-state index contributed by atoms with van der Waals surface area (Å²) in [7, 11) is 0. The second kappa shape index (κ2) is 8.81. The number of benzene rings is 1. The number of aliphatic hydroxyl groups is 1. The van der Waals surface area contributed by atoms with Gasteiger partial charge in [0.05, 0.1) is 6.10 Å². The monoisotopic (exact) mass is 275 g/mol. The molecule has 1 rings (SSSR count). The Labute approximate surface area is 114 Å². The molecule has 3 N–H and O–H groups in total. The van der Waals surface area contributed by atoms with Crippen LogP contribution in [0, 0.1) is 5.92 Å². The quantitative estimate of drug-likeness (QED) is 0.785. The average Bonchev–Trinajstić information content (AvgIpc) is 2.26. The molecule has 17 heavy (non-hydrogen) atoms. The van der Waals surface area contributed by atoms with Crippen LogP contribution < -0.4 is 5.73 Å². The smallest absolute Gasteiger partial charge is 0.0784 e. The summed E-state index contributed by atoms with van der Waals surface area (Å²) in [5.41, 5.74) is 5.92. The second-order valence-electron chi connectivity index (χ2n) is 4.48. The van der Waals surface area contributed by atoms with Crippen molar-refractivity contribution in [2.45, 2.75) is 37.3 Å². The highest BCUT2D eigenvalue weighted by atomic mass is 35.5. The van der Waals surface area contributed by atoms with Crippen LogP contribution in [0.2, 0.25) is 0 Å². The van der Waals surface area contributed by atoms with Crippen molar-refractivity contribution < 1.29 is 5.11 Å². The van der Waals surface area contributed by atoms with E-state index in [1.807, 2.05) is 30.3 Å². The Morgan fingerprint density at radius 3 is 2.35 bits per heavy atom. The highest BCUT2D eigenvalue weighted by molar-refractivity contribution is 7.99. The standard InChI is InChI=1S/C13H21NOS.ClH/c1-10(2)8-12(14)13(15)9-16-11-6-4-3-5-7-11;/h3-7,10,12-13,15H,8-9,14H2,1-2H3;1H. The van der Waals surface area contributed by atoms with Crippen molar-refractivity contribution in [2.24, 2.45) is 11.7 Å². The first-order chi connectivity index (χ1) is 7.59. The third-order valence-electron chi connectivity index (χ3n) is 2.40. The molecule has 0 saturated heterocycles. The zero-order valence-corrected chi connectivity index (χ0v) is 12.0. The van der Waals surface area contributed by atoms with Gasteiger partial charge in [-0.25, -0.2) is 0 Å². The van der Waals surface area contributed by atoms with E-state index < -0.39 is 6.10 Å². The Bertz CT molecular complexity index is 295. The number of hydrogen-bond donors (Lipinski definition) is 2. The summed E-state index contributed by atoms with van der Waals surface area (Å²) in [5.74, 6) is 1.20. The summed E-state index contributed by atoms with van der Waals surface area (Å²) in [4.78, 5) is 1.18. The maximum Gasteiger partial charge on any atom is 0.0784 e. The van der Waals surface area contributed by atoms with Gasteiger partial charge >= 0.3 is 0 Å². The zero-order chi connectivity index (χ0) is 12.0. The molecule has 98 valence electrons. The van der Waals surface area contributed by atoms with Crippen LogP contribution in [0.25, 0.3) is 0 Å². The largest absolute Gasteiger partial charge is 0.391 e. The maximum atomic E-state index is 9.88. The molecule has 0 aliphatic carbocycles. The van der Waals surface area contributed by atoms with Crippen LogP contribution in [0.4, 0.5) is 0 Å². The number of nitrogens with two attached hydrogens (primary N) is 1. The van der Waals surface area contributed by atoms with Crippen LogP contribution in [0.5, 0.6) is 0 Å². The van der Waals surface area contributed by atoms with E-state index >= 15 is 0 Å². The Morgan fingerprint density at radius 1 is 1.24 bits per heavy atom. The van der Waals surface area contributed by atoms with Gasteiger partial charge in [0, 0.05) is 16.7 Å². The molecule has 0 aliphatic heterocycles. The van der Waals surface area contributed by atoms with Crippen molar-refractivity contribution in [3.63, 3.8) is 0 Å². The lowest BCUT2D eigenvalue weighted by Gasteiger charge is -2.20. The van der Waals surface area contributed by atoms with Crippen molar-refractivity contribution >= 4 is 24.2 Å². The van der Waals surface area contributed by atoms with E-state index in [1.54, 1.807) is 11.8 Å². The predicted octanol–water partition coefficient (Wildman–Crippen LogP) is 2.93. The Hall–Kier alpha value is -0.220. The molecule has 4 heteroatoms. The molecule has 0 spiro atoms. The Morgan fingerprint density at radius 2 is 1.82 bits per heavy atom. The number of halogens is 1. The SMILES string of the molecule is CC(C)CC(N)C(O)CSc1ccccc1.Cl. The second-order valence-corrected chi connectivity index (χ2v) is 5.58. The first-order valence-electron chi connectivity index (χ1n) is 5.71. The lowest BCUT2D eigenvalue weighted by molar-refractivity contribution is 0.157. The van der Waals surface area contributed by atoms with E-state index in [1.165, 1.54) is 4.90 Å². The van der Waals surface area contributed by atoms with Gasteiger partial charge in [0.1, 0.15) is 0 Å². The summed E-state index contributed by atoms with van der Waals surface area (Å²) in [6.45, 7) is 4.24. The molecule has 0 amide bonds. The van der Waals surface area contributed by atoms with Gasteiger partial charge in [-0.1, -0.05) is 32.0 Å². The molecule has 0 radical (unpaired) electrons. The van der Waals surface area contributed by atoms with E-state index in [0.29, 0.717) is 11.7 Å².